The molecular weight excluding hydrogens is 136 g/mol. The molecule has 0 aromatic rings. The average molecular weight is 150 g/mol. The van der Waals surface area contributed by atoms with Gasteiger partial charge in [-0.3, -0.25) is 0 Å². The highest BCUT2D eigenvalue weighted by molar-refractivity contribution is 5.23. The van der Waals surface area contributed by atoms with E-state index in [0.29, 0.717) is 0 Å². The highest BCUT2D eigenvalue weighted by Gasteiger charge is 2.09. The Morgan fingerprint density at radius 3 is 2.55 bits per heavy atom. The molecule has 1 nitrogen and oxygen atoms in total. The van der Waals surface area contributed by atoms with Gasteiger partial charge in [0.05, 0.1) is 0 Å². The van der Waals surface area contributed by atoms with Gasteiger partial charge >= 0.3 is 0 Å². The van der Waals surface area contributed by atoms with Crippen molar-refractivity contribution in [3.05, 3.63) is 24.8 Å². The van der Waals surface area contributed by atoms with Gasteiger partial charge in [0.25, 0.3) is 0 Å². The Labute approximate surface area is 68.8 Å². The van der Waals surface area contributed by atoms with E-state index < -0.39 is 0 Å². The highest BCUT2D eigenvalue weighted by atomic mass is 16.5. The Balaban J connectivity index is 4.06. The van der Waals surface area contributed by atoms with Crippen molar-refractivity contribution in [3.8, 4) is 11.8 Å². The second-order valence-corrected chi connectivity index (χ2v) is 2.58. The molecule has 0 aliphatic carbocycles. The molecule has 0 aromatic heterocycles. The minimum Gasteiger partial charge on any atom is -0.366 e. The SMILES string of the molecule is C=C/C=C/C#CC(C)(C)OC. The Bertz CT molecular complexity index is 201. The van der Waals surface area contributed by atoms with Crippen LogP contribution in [0.1, 0.15) is 13.8 Å². The maximum absolute atomic E-state index is 5.08. The molecule has 0 heterocycles. The van der Waals surface area contributed by atoms with Crippen LogP contribution in [0.15, 0.2) is 24.8 Å². The van der Waals surface area contributed by atoms with Gasteiger partial charge < -0.3 is 4.74 Å². The standard InChI is InChI=1S/C10H14O/c1-5-6-7-8-9-10(2,3)11-4/h5-7H,1H2,2-4H3/b7-6+. The molecule has 0 aliphatic rings. The summed E-state index contributed by atoms with van der Waals surface area (Å²) < 4.78 is 5.08. The molecule has 0 spiro atoms. The Morgan fingerprint density at radius 1 is 1.45 bits per heavy atom. The molecule has 0 saturated carbocycles. The number of methoxy groups -OCH3 is 1. The molecule has 0 amide bonds. The molecule has 0 unspecified atom stereocenters. The van der Waals surface area contributed by atoms with Crippen LogP contribution in [0.5, 0.6) is 0 Å². The number of hydrogen-bond acceptors (Lipinski definition) is 1. The van der Waals surface area contributed by atoms with Gasteiger partial charge in [0.1, 0.15) is 5.60 Å². The van der Waals surface area contributed by atoms with Crippen molar-refractivity contribution in [2.75, 3.05) is 7.11 Å². The summed E-state index contributed by atoms with van der Waals surface area (Å²) in [5.74, 6) is 5.79. The van der Waals surface area contributed by atoms with Crippen LogP contribution in [0, 0.1) is 11.8 Å². The molecule has 0 bridgehead atoms. The molecule has 0 rings (SSSR count). The first-order valence-corrected chi connectivity index (χ1v) is 3.48. The molecule has 0 aromatic carbocycles. The first kappa shape index (κ1) is 10.0. The quantitative estimate of drug-likeness (QED) is 0.433. The van der Waals surface area contributed by atoms with Crippen LogP contribution in [-0.4, -0.2) is 12.7 Å². The predicted molar refractivity (Wildman–Crippen MR) is 48.2 cm³/mol. The number of ether oxygens (including phenoxy) is 1. The fourth-order valence-corrected chi connectivity index (χ4v) is 0.383. The zero-order chi connectivity index (χ0) is 8.74. The molecule has 11 heavy (non-hydrogen) atoms. The lowest BCUT2D eigenvalue weighted by atomic mass is 10.1. The van der Waals surface area contributed by atoms with Crippen molar-refractivity contribution >= 4 is 0 Å². The van der Waals surface area contributed by atoms with Crippen molar-refractivity contribution in [1.82, 2.24) is 0 Å². The fraction of sp³-hybridized carbons (Fsp3) is 0.400. The third-order valence-corrected chi connectivity index (χ3v) is 1.20. The number of allylic oxidation sites excluding steroid dienone is 3. The molecule has 0 saturated heterocycles. The lowest BCUT2D eigenvalue weighted by Gasteiger charge is -2.13. The van der Waals surface area contributed by atoms with Crippen LogP contribution < -0.4 is 0 Å². The summed E-state index contributed by atoms with van der Waals surface area (Å²) in [4.78, 5) is 0. The normalized spacial score (nSPS) is 10.8. The largest absolute Gasteiger partial charge is 0.366 e. The van der Waals surface area contributed by atoms with Crippen molar-refractivity contribution in [1.29, 1.82) is 0 Å². The average Bonchev–Trinajstić information content (AvgIpc) is 1.99. The molecular formula is C10H14O. The Kier molecular flexibility index (Phi) is 4.33. The van der Waals surface area contributed by atoms with E-state index in [1.165, 1.54) is 0 Å². The van der Waals surface area contributed by atoms with Gasteiger partial charge in [-0.2, -0.15) is 0 Å². The van der Waals surface area contributed by atoms with Gasteiger partial charge in [-0.1, -0.05) is 30.6 Å². The van der Waals surface area contributed by atoms with Crippen LogP contribution in [0.3, 0.4) is 0 Å². The van der Waals surface area contributed by atoms with Crippen LogP contribution in [-0.2, 0) is 4.74 Å². The summed E-state index contributed by atoms with van der Waals surface area (Å²) in [5, 5.41) is 0. The van der Waals surface area contributed by atoms with E-state index in [2.05, 4.69) is 18.4 Å². The van der Waals surface area contributed by atoms with E-state index in [4.69, 9.17) is 4.74 Å². The molecule has 0 aliphatic heterocycles. The third-order valence-electron chi connectivity index (χ3n) is 1.20. The lowest BCUT2D eigenvalue weighted by Crippen LogP contribution is -2.18. The van der Waals surface area contributed by atoms with Gasteiger partial charge in [-0.05, 0) is 19.9 Å². The summed E-state index contributed by atoms with van der Waals surface area (Å²) >= 11 is 0. The van der Waals surface area contributed by atoms with E-state index in [-0.39, 0.29) is 5.60 Å². The summed E-state index contributed by atoms with van der Waals surface area (Å²) in [7, 11) is 1.64. The number of hydrogen-bond donors (Lipinski definition) is 0. The van der Waals surface area contributed by atoms with Crippen LogP contribution in [0.25, 0.3) is 0 Å². The molecule has 0 radical (unpaired) electrons. The van der Waals surface area contributed by atoms with E-state index in [9.17, 15) is 0 Å². The minimum atomic E-state index is -0.356. The Morgan fingerprint density at radius 2 is 2.09 bits per heavy atom. The monoisotopic (exact) mass is 150 g/mol. The first-order chi connectivity index (χ1) is 5.12. The van der Waals surface area contributed by atoms with Crippen LogP contribution in [0.4, 0.5) is 0 Å². The summed E-state index contributed by atoms with van der Waals surface area (Å²) in [6, 6.07) is 0. The second-order valence-electron chi connectivity index (χ2n) is 2.58. The molecule has 0 atom stereocenters. The van der Waals surface area contributed by atoms with Crippen molar-refractivity contribution < 1.29 is 4.74 Å². The maximum atomic E-state index is 5.08. The van der Waals surface area contributed by atoms with Gasteiger partial charge in [0, 0.05) is 7.11 Å². The first-order valence-electron chi connectivity index (χ1n) is 3.48. The van der Waals surface area contributed by atoms with E-state index >= 15 is 0 Å². The van der Waals surface area contributed by atoms with Crippen LogP contribution >= 0.6 is 0 Å². The summed E-state index contributed by atoms with van der Waals surface area (Å²) in [6.45, 7) is 7.37. The van der Waals surface area contributed by atoms with Crippen molar-refractivity contribution in [3.63, 3.8) is 0 Å². The van der Waals surface area contributed by atoms with E-state index in [1.54, 1.807) is 25.3 Å². The smallest absolute Gasteiger partial charge is 0.123 e. The van der Waals surface area contributed by atoms with Gasteiger partial charge in [-0.25, -0.2) is 0 Å². The minimum absolute atomic E-state index is 0.356. The zero-order valence-corrected chi connectivity index (χ0v) is 7.35. The van der Waals surface area contributed by atoms with E-state index in [1.807, 2.05) is 13.8 Å². The molecule has 60 valence electrons. The predicted octanol–water partition coefficient (Wildman–Crippen LogP) is 2.16. The summed E-state index contributed by atoms with van der Waals surface area (Å²) in [6.07, 6.45) is 5.22. The highest BCUT2D eigenvalue weighted by Crippen LogP contribution is 2.03. The van der Waals surface area contributed by atoms with Crippen LogP contribution in [0.2, 0.25) is 0 Å². The lowest BCUT2D eigenvalue weighted by molar-refractivity contribution is 0.0742. The van der Waals surface area contributed by atoms with Crippen molar-refractivity contribution in [2.24, 2.45) is 0 Å². The number of rotatable bonds is 2. The second kappa shape index (κ2) is 4.76. The topological polar surface area (TPSA) is 9.23 Å². The van der Waals surface area contributed by atoms with E-state index in [0.717, 1.165) is 0 Å². The molecule has 1 heteroatoms. The third kappa shape index (κ3) is 5.44. The molecule has 0 N–H and O–H groups in total. The zero-order valence-electron chi connectivity index (χ0n) is 7.35. The van der Waals surface area contributed by atoms with Gasteiger partial charge in [-0.15, -0.1) is 0 Å². The maximum Gasteiger partial charge on any atom is 0.123 e. The van der Waals surface area contributed by atoms with Gasteiger partial charge in [0.15, 0.2) is 0 Å². The fourth-order valence-electron chi connectivity index (χ4n) is 0.383. The van der Waals surface area contributed by atoms with Gasteiger partial charge in [0.2, 0.25) is 0 Å². The summed E-state index contributed by atoms with van der Waals surface area (Å²) in [5.41, 5.74) is -0.356. The van der Waals surface area contributed by atoms with Crippen molar-refractivity contribution in [2.45, 2.75) is 19.4 Å². The Hall–Kier alpha value is -1.00. The molecule has 0 fully saturated rings.